The lowest BCUT2D eigenvalue weighted by Crippen LogP contribution is -2.18. The van der Waals surface area contributed by atoms with Gasteiger partial charge in [-0.15, -0.1) is 0 Å². The fourth-order valence-corrected chi connectivity index (χ4v) is 0.953. The number of aliphatic hydroxyl groups excluding tert-OH is 1. The van der Waals surface area contributed by atoms with Gasteiger partial charge in [-0.1, -0.05) is 13.3 Å². The van der Waals surface area contributed by atoms with Gasteiger partial charge in [-0.3, -0.25) is 9.59 Å². The number of unbranched alkanes of at least 4 members (excludes halogenated alkanes) is 1. The van der Waals surface area contributed by atoms with Gasteiger partial charge in [0.2, 0.25) is 0 Å². The third-order valence-electron chi connectivity index (χ3n) is 1.86. The van der Waals surface area contributed by atoms with Crippen molar-refractivity contribution in [1.29, 1.82) is 0 Å². The Morgan fingerprint density at radius 2 is 1.23 bits per heavy atom. The second kappa shape index (κ2) is 24.6. The van der Waals surface area contributed by atoms with Gasteiger partial charge in [0.25, 0.3) is 0 Å². The van der Waals surface area contributed by atoms with Gasteiger partial charge in [-0.25, -0.2) is 9.59 Å². The van der Waals surface area contributed by atoms with Gasteiger partial charge in [0.1, 0.15) is 0 Å². The van der Waals surface area contributed by atoms with E-state index in [0.717, 1.165) is 6.42 Å². The van der Waals surface area contributed by atoms with E-state index < -0.39 is 30.4 Å². The van der Waals surface area contributed by atoms with Crippen LogP contribution in [-0.4, -0.2) is 57.4 Å². The van der Waals surface area contributed by atoms with Crippen molar-refractivity contribution in [3.8, 4) is 0 Å². The monoisotopic (exact) mass is 385 g/mol. The number of hydrogen-bond donors (Lipinski definition) is 7. The highest BCUT2D eigenvalue weighted by atomic mass is 16.5. The van der Waals surface area contributed by atoms with Crippen molar-refractivity contribution in [1.82, 2.24) is 0 Å². The number of ether oxygens (including phenoxy) is 1. The SMILES string of the molecule is CCCC(O)O.CCOC(N)=O.NC(N)=O.O=C(O)CCCCC(=O)O. The number of amides is 3. The molecule has 0 aromatic carbocycles. The Bertz CT molecular complexity index is 357. The summed E-state index contributed by atoms with van der Waals surface area (Å²) >= 11 is 0. The zero-order valence-electron chi connectivity index (χ0n) is 15.1. The molecule has 0 saturated carbocycles. The minimum atomic E-state index is -1.10. The van der Waals surface area contributed by atoms with Crippen LogP contribution in [0, 0.1) is 0 Å². The number of carbonyl (C=O) groups is 4. The Balaban J connectivity index is -0.000000132. The Morgan fingerprint density at radius 1 is 0.885 bits per heavy atom. The average molecular weight is 385 g/mol. The van der Waals surface area contributed by atoms with Gasteiger partial charge >= 0.3 is 24.1 Å². The number of aliphatic carboxylic acids is 2. The Morgan fingerprint density at radius 3 is 1.31 bits per heavy atom. The van der Waals surface area contributed by atoms with Crippen molar-refractivity contribution < 1.29 is 44.3 Å². The number of rotatable bonds is 8. The van der Waals surface area contributed by atoms with Crippen molar-refractivity contribution in [2.24, 2.45) is 17.2 Å². The van der Waals surface area contributed by atoms with Gasteiger partial charge in [0.05, 0.1) is 6.61 Å². The van der Waals surface area contributed by atoms with Crippen LogP contribution in [0.2, 0.25) is 0 Å². The summed E-state index contributed by atoms with van der Waals surface area (Å²) < 4.78 is 4.18. The molecule has 0 radical (unpaired) electrons. The van der Waals surface area contributed by atoms with Crippen molar-refractivity contribution in [3.63, 3.8) is 0 Å². The van der Waals surface area contributed by atoms with Gasteiger partial charge < -0.3 is 42.4 Å². The molecule has 26 heavy (non-hydrogen) atoms. The lowest BCUT2D eigenvalue weighted by molar-refractivity contribution is -0.139. The molecular weight excluding hydrogens is 354 g/mol. The summed E-state index contributed by atoms with van der Waals surface area (Å²) in [5.74, 6) is -1.74. The lowest BCUT2D eigenvalue weighted by atomic mass is 10.2. The lowest BCUT2D eigenvalue weighted by Gasteiger charge is -1.94. The van der Waals surface area contributed by atoms with Crippen molar-refractivity contribution in [2.75, 3.05) is 6.61 Å². The standard InChI is InChI=1S/C6H10O4.C4H10O2.C3H7NO2.CH4N2O/c7-5(8)3-1-2-4-6(9)10;1-2-3-4(5)6;1-2-6-3(4)5;2-1(3)4/h1-4H2,(H,7,8)(H,9,10);4-6H,2-3H2,1H3;2H2,1H3,(H2,4,5);(H4,2,3,4). The highest BCUT2D eigenvalue weighted by molar-refractivity contribution is 5.69. The van der Waals surface area contributed by atoms with Crippen LogP contribution in [0.5, 0.6) is 0 Å². The van der Waals surface area contributed by atoms with E-state index in [1.807, 2.05) is 6.92 Å². The van der Waals surface area contributed by atoms with Crippen LogP contribution >= 0.6 is 0 Å². The van der Waals surface area contributed by atoms with E-state index in [0.29, 0.717) is 25.9 Å². The van der Waals surface area contributed by atoms with Crippen LogP contribution in [0.25, 0.3) is 0 Å². The predicted octanol–water partition coefficient (Wildman–Crippen LogP) is -0.0614. The summed E-state index contributed by atoms with van der Waals surface area (Å²) in [6, 6.07) is -0.833. The van der Waals surface area contributed by atoms with Crippen molar-refractivity contribution in [3.05, 3.63) is 0 Å². The van der Waals surface area contributed by atoms with Crippen LogP contribution < -0.4 is 17.2 Å². The predicted molar refractivity (Wildman–Crippen MR) is 91.9 cm³/mol. The maximum Gasteiger partial charge on any atom is 0.404 e. The molecule has 0 rings (SSSR count). The molecule has 10 N–H and O–H groups in total. The molecule has 0 heterocycles. The van der Waals surface area contributed by atoms with E-state index in [9.17, 15) is 14.4 Å². The molecule has 0 atom stereocenters. The Kier molecular flexibility index (Phi) is 29.6. The third-order valence-corrected chi connectivity index (χ3v) is 1.86. The average Bonchev–Trinajstić information content (AvgIpc) is 2.43. The van der Waals surface area contributed by atoms with E-state index >= 15 is 0 Å². The molecule has 0 bridgehead atoms. The summed E-state index contributed by atoms with van der Waals surface area (Å²) in [7, 11) is 0. The van der Waals surface area contributed by atoms with E-state index in [1.54, 1.807) is 6.92 Å². The van der Waals surface area contributed by atoms with Gasteiger partial charge in [-0.05, 0) is 26.2 Å². The zero-order valence-corrected chi connectivity index (χ0v) is 15.1. The van der Waals surface area contributed by atoms with E-state index in [4.69, 9.17) is 25.2 Å². The molecule has 156 valence electrons. The number of carboxylic acid groups (broad SMARTS) is 2. The zero-order chi connectivity index (χ0) is 21.5. The Hall–Kier alpha value is -2.60. The number of primary amides is 3. The van der Waals surface area contributed by atoms with Crippen LogP contribution in [0.15, 0.2) is 0 Å². The highest BCUT2D eigenvalue weighted by Crippen LogP contribution is 1.98. The summed E-state index contributed by atoms with van der Waals surface area (Å²) in [6.45, 7) is 3.96. The quantitative estimate of drug-likeness (QED) is 0.218. The number of nitrogens with two attached hydrogens (primary N) is 3. The topological polar surface area (TPSA) is 236 Å². The normalized spacial score (nSPS) is 8.50. The van der Waals surface area contributed by atoms with E-state index in [2.05, 4.69) is 21.9 Å². The first kappa shape index (κ1) is 31.2. The molecular formula is C14H31N3O9. The smallest absolute Gasteiger partial charge is 0.404 e. The molecule has 0 saturated heterocycles. The van der Waals surface area contributed by atoms with Crippen LogP contribution in [0.1, 0.15) is 52.4 Å². The minimum absolute atomic E-state index is 0.0628. The maximum absolute atomic E-state index is 9.90. The fraction of sp³-hybridized carbons (Fsp3) is 0.714. The molecule has 0 aliphatic heterocycles. The number of carbonyl (C=O) groups excluding carboxylic acids is 2. The summed E-state index contributed by atoms with van der Waals surface area (Å²) in [5, 5.41) is 32.5. The highest BCUT2D eigenvalue weighted by Gasteiger charge is 1.99. The molecule has 12 nitrogen and oxygen atoms in total. The molecule has 0 fully saturated rings. The molecule has 0 aromatic rings. The first-order valence-electron chi connectivity index (χ1n) is 7.67. The van der Waals surface area contributed by atoms with Gasteiger partial charge in [-0.2, -0.15) is 0 Å². The molecule has 0 aliphatic rings. The van der Waals surface area contributed by atoms with Crippen LogP contribution in [0.3, 0.4) is 0 Å². The molecule has 0 spiro atoms. The fourth-order valence-electron chi connectivity index (χ4n) is 0.953. The molecule has 3 amide bonds. The number of hydrogen-bond acceptors (Lipinski definition) is 7. The second-order valence-electron chi connectivity index (χ2n) is 4.42. The van der Waals surface area contributed by atoms with Gasteiger partial charge in [0, 0.05) is 12.8 Å². The van der Waals surface area contributed by atoms with Crippen LogP contribution in [-0.2, 0) is 14.3 Å². The molecule has 0 aromatic heterocycles. The van der Waals surface area contributed by atoms with E-state index in [1.165, 1.54) is 0 Å². The maximum atomic E-state index is 9.90. The number of urea groups is 1. The van der Waals surface area contributed by atoms with Gasteiger partial charge in [0.15, 0.2) is 6.29 Å². The second-order valence-corrected chi connectivity index (χ2v) is 4.42. The van der Waals surface area contributed by atoms with Crippen molar-refractivity contribution >= 4 is 24.1 Å². The molecule has 0 unspecified atom stereocenters. The minimum Gasteiger partial charge on any atom is -0.481 e. The summed E-state index contributed by atoms with van der Waals surface area (Å²) in [6.07, 6.45) is 0.522. The molecule has 12 heteroatoms. The third kappa shape index (κ3) is 82.3. The van der Waals surface area contributed by atoms with E-state index in [-0.39, 0.29) is 12.8 Å². The largest absolute Gasteiger partial charge is 0.481 e. The van der Waals surface area contributed by atoms with Crippen molar-refractivity contribution in [2.45, 2.75) is 58.7 Å². The summed E-state index contributed by atoms with van der Waals surface area (Å²) in [5.41, 5.74) is 13.0. The van der Waals surface area contributed by atoms with Crippen LogP contribution in [0.4, 0.5) is 9.59 Å². The first-order chi connectivity index (χ1) is 11.9. The molecule has 0 aliphatic carbocycles. The number of aliphatic hydroxyl groups is 2. The summed E-state index contributed by atoms with van der Waals surface area (Å²) in [4.78, 5) is 38.4. The Labute approximate surface area is 151 Å². The number of carboxylic acids is 2. The first-order valence-corrected chi connectivity index (χ1v) is 7.67.